The summed E-state index contributed by atoms with van der Waals surface area (Å²) in [6.07, 6.45) is -0.640. The third kappa shape index (κ3) is 6.81. The number of halogens is 3. The standard InChI is InChI=1S/C16H25N3O3S.C2HF3O2/c1-2-10-23(20,21)19-11-13-6-5-9-22-16(13)14(12-19)18-15-7-3-4-8-17-15;3-2(4,5)1(6)7/h3-4,7-8,13-14,16H,2,5-6,9-12H2,1H3,(H,17,18);(H,6,7)/t13-,14+,16-;/m0./s1. The number of carboxylic acids is 1. The number of rotatable bonds is 5. The van der Waals surface area contributed by atoms with Crippen molar-refractivity contribution < 1.29 is 36.2 Å². The summed E-state index contributed by atoms with van der Waals surface area (Å²) >= 11 is 0. The van der Waals surface area contributed by atoms with Gasteiger partial charge < -0.3 is 15.2 Å². The van der Waals surface area contributed by atoms with Gasteiger partial charge in [-0.05, 0) is 31.4 Å². The van der Waals surface area contributed by atoms with E-state index in [0.29, 0.717) is 19.5 Å². The minimum Gasteiger partial charge on any atom is -0.475 e. The van der Waals surface area contributed by atoms with Crippen molar-refractivity contribution in [3.63, 3.8) is 0 Å². The molecule has 0 amide bonds. The molecule has 0 radical (unpaired) electrons. The van der Waals surface area contributed by atoms with Gasteiger partial charge in [-0.25, -0.2) is 18.2 Å². The SMILES string of the molecule is CCCS(=O)(=O)N1C[C@@H]2CCCO[C@@H]2[C@H](Nc2ccccn2)C1.O=C(O)C(F)(F)F. The lowest BCUT2D eigenvalue weighted by atomic mass is 9.86. The minimum absolute atomic E-state index is 0.0545. The van der Waals surface area contributed by atoms with E-state index in [4.69, 9.17) is 14.6 Å². The summed E-state index contributed by atoms with van der Waals surface area (Å²) in [6, 6.07) is 5.63. The first-order chi connectivity index (χ1) is 14.0. The number of anilines is 1. The van der Waals surface area contributed by atoms with Gasteiger partial charge in [0, 0.05) is 31.8 Å². The molecule has 0 spiro atoms. The third-order valence-corrected chi connectivity index (χ3v) is 6.83. The number of hydrogen-bond acceptors (Lipinski definition) is 6. The maximum absolute atomic E-state index is 12.5. The van der Waals surface area contributed by atoms with Crippen LogP contribution in [-0.2, 0) is 19.6 Å². The summed E-state index contributed by atoms with van der Waals surface area (Å²) in [6.45, 7) is 3.67. The average Bonchev–Trinajstić information content (AvgIpc) is 2.68. The van der Waals surface area contributed by atoms with Crippen molar-refractivity contribution in [2.75, 3.05) is 30.8 Å². The Kier molecular flexibility index (Phi) is 8.44. The van der Waals surface area contributed by atoms with Crippen LogP contribution in [0.4, 0.5) is 19.0 Å². The zero-order valence-electron chi connectivity index (χ0n) is 16.5. The molecular formula is C18H26F3N3O5S. The van der Waals surface area contributed by atoms with Crippen molar-refractivity contribution in [3.05, 3.63) is 24.4 Å². The molecule has 1 aromatic heterocycles. The average molecular weight is 453 g/mol. The van der Waals surface area contributed by atoms with Gasteiger partial charge in [0.2, 0.25) is 10.0 Å². The van der Waals surface area contributed by atoms with Crippen molar-refractivity contribution in [3.8, 4) is 0 Å². The molecule has 30 heavy (non-hydrogen) atoms. The Balaban J connectivity index is 0.000000396. The Morgan fingerprint density at radius 3 is 2.63 bits per heavy atom. The molecule has 2 aliphatic heterocycles. The molecule has 12 heteroatoms. The fraction of sp³-hybridized carbons (Fsp3) is 0.667. The van der Waals surface area contributed by atoms with E-state index in [1.807, 2.05) is 25.1 Å². The van der Waals surface area contributed by atoms with E-state index in [1.54, 1.807) is 10.5 Å². The lowest BCUT2D eigenvalue weighted by molar-refractivity contribution is -0.192. The highest BCUT2D eigenvalue weighted by molar-refractivity contribution is 7.89. The van der Waals surface area contributed by atoms with Gasteiger partial charge in [-0.2, -0.15) is 17.5 Å². The Labute approximate surface area is 173 Å². The first kappa shape index (κ1) is 24.4. The van der Waals surface area contributed by atoms with E-state index in [1.165, 1.54) is 0 Å². The van der Waals surface area contributed by atoms with Gasteiger partial charge in [0.25, 0.3) is 0 Å². The summed E-state index contributed by atoms with van der Waals surface area (Å²) in [5.41, 5.74) is 0. The molecule has 2 N–H and O–H groups in total. The van der Waals surface area contributed by atoms with Crippen LogP contribution in [0.2, 0.25) is 0 Å². The van der Waals surface area contributed by atoms with Crippen LogP contribution in [0.3, 0.4) is 0 Å². The molecule has 2 fully saturated rings. The number of sulfonamides is 1. The molecule has 1 aromatic rings. The van der Waals surface area contributed by atoms with Crippen LogP contribution in [0.1, 0.15) is 26.2 Å². The van der Waals surface area contributed by atoms with Crippen molar-refractivity contribution in [1.29, 1.82) is 0 Å². The van der Waals surface area contributed by atoms with Crippen LogP contribution < -0.4 is 5.32 Å². The third-order valence-electron chi connectivity index (χ3n) is 4.83. The van der Waals surface area contributed by atoms with Crippen molar-refractivity contribution >= 4 is 21.8 Å². The molecule has 3 rings (SSSR count). The number of ether oxygens (including phenoxy) is 1. The monoisotopic (exact) mass is 453 g/mol. The molecule has 170 valence electrons. The fourth-order valence-electron chi connectivity index (χ4n) is 3.54. The number of fused-ring (bicyclic) bond motifs is 1. The second-order valence-corrected chi connectivity index (χ2v) is 9.23. The van der Waals surface area contributed by atoms with Crippen molar-refractivity contribution in [2.24, 2.45) is 5.92 Å². The van der Waals surface area contributed by atoms with E-state index in [0.717, 1.165) is 25.3 Å². The van der Waals surface area contributed by atoms with Crippen LogP contribution in [0.15, 0.2) is 24.4 Å². The van der Waals surface area contributed by atoms with E-state index < -0.39 is 22.2 Å². The number of pyridine rings is 1. The molecule has 2 aliphatic rings. The number of hydrogen-bond donors (Lipinski definition) is 2. The molecular weight excluding hydrogens is 427 g/mol. The number of carbonyl (C=O) groups is 1. The molecule has 2 saturated heterocycles. The predicted molar refractivity (Wildman–Crippen MR) is 103 cm³/mol. The number of carboxylic acid groups (broad SMARTS) is 1. The zero-order chi connectivity index (χ0) is 22.4. The molecule has 0 saturated carbocycles. The Hall–Kier alpha value is -1.92. The van der Waals surface area contributed by atoms with E-state index in [9.17, 15) is 21.6 Å². The van der Waals surface area contributed by atoms with E-state index in [2.05, 4.69) is 10.3 Å². The highest BCUT2D eigenvalue weighted by Gasteiger charge is 2.42. The summed E-state index contributed by atoms with van der Waals surface area (Å²) in [7, 11) is -3.19. The van der Waals surface area contributed by atoms with Crippen molar-refractivity contribution in [1.82, 2.24) is 9.29 Å². The molecule has 8 nitrogen and oxygen atoms in total. The van der Waals surface area contributed by atoms with Crippen LogP contribution in [-0.4, -0.2) is 72.6 Å². The lowest BCUT2D eigenvalue weighted by Crippen LogP contribution is -2.59. The molecule has 0 unspecified atom stereocenters. The van der Waals surface area contributed by atoms with Gasteiger partial charge in [0.15, 0.2) is 0 Å². The van der Waals surface area contributed by atoms with Gasteiger partial charge in [-0.1, -0.05) is 13.0 Å². The van der Waals surface area contributed by atoms with Crippen LogP contribution in [0.25, 0.3) is 0 Å². The lowest BCUT2D eigenvalue weighted by Gasteiger charge is -2.45. The Bertz CT molecular complexity index is 792. The van der Waals surface area contributed by atoms with Gasteiger partial charge in [-0.15, -0.1) is 0 Å². The second kappa shape index (κ2) is 10.4. The topological polar surface area (TPSA) is 109 Å². The molecule has 0 aliphatic carbocycles. The van der Waals surface area contributed by atoms with Gasteiger partial charge in [-0.3, -0.25) is 0 Å². The molecule has 3 heterocycles. The predicted octanol–water partition coefficient (Wildman–Crippen LogP) is 2.35. The normalized spacial score (nSPS) is 24.9. The first-order valence-electron chi connectivity index (χ1n) is 9.61. The number of piperidine rings is 1. The second-order valence-electron chi connectivity index (χ2n) is 7.14. The van der Waals surface area contributed by atoms with E-state index >= 15 is 0 Å². The molecule has 0 bridgehead atoms. The summed E-state index contributed by atoms with van der Waals surface area (Å²) in [5.74, 6) is -1.53. The van der Waals surface area contributed by atoms with Gasteiger partial charge in [0.05, 0.1) is 17.9 Å². The maximum Gasteiger partial charge on any atom is 0.490 e. The minimum atomic E-state index is -5.08. The largest absolute Gasteiger partial charge is 0.490 e. The quantitative estimate of drug-likeness (QED) is 0.704. The fourth-order valence-corrected chi connectivity index (χ4v) is 5.13. The summed E-state index contributed by atoms with van der Waals surface area (Å²) < 4.78 is 64.4. The smallest absolute Gasteiger partial charge is 0.475 e. The first-order valence-corrected chi connectivity index (χ1v) is 11.2. The Morgan fingerprint density at radius 2 is 2.07 bits per heavy atom. The number of nitrogens with one attached hydrogen (secondary N) is 1. The number of aliphatic carboxylic acids is 1. The molecule has 0 aromatic carbocycles. The van der Waals surface area contributed by atoms with Crippen LogP contribution >= 0.6 is 0 Å². The maximum atomic E-state index is 12.5. The number of nitrogens with zero attached hydrogens (tertiary/aromatic N) is 2. The summed E-state index contributed by atoms with van der Waals surface area (Å²) in [4.78, 5) is 13.2. The van der Waals surface area contributed by atoms with Gasteiger partial charge in [0.1, 0.15) is 5.82 Å². The highest BCUT2D eigenvalue weighted by Crippen LogP contribution is 2.31. The number of alkyl halides is 3. The summed E-state index contributed by atoms with van der Waals surface area (Å²) in [5, 5.41) is 10.5. The molecule has 3 atom stereocenters. The Morgan fingerprint density at radius 1 is 1.37 bits per heavy atom. The van der Waals surface area contributed by atoms with Gasteiger partial charge >= 0.3 is 12.1 Å². The highest BCUT2D eigenvalue weighted by atomic mass is 32.2. The van der Waals surface area contributed by atoms with Crippen LogP contribution in [0.5, 0.6) is 0 Å². The van der Waals surface area contributed by atoms with E-state index in [-0.39, 0.29) is 23.8 Å². The van der Waals surface area contributed by atoms with Crippen molar-refractivity contribution in [2.45, 2.75) is 44.5 Å². The van der Waals surface area contributed by atoms with Crippen LogP contribution in [0, 0.1) is 5.92 Å². The zero-order valence-corrected chi connectivity index (χ0v) is 17.3. The number of aromatic nitrogens is 1.